The summed E-state index contributed by atoms with van der Waals surface area (Å²) in [5, 5.41) is 3.94. The van der Waals surface area contributed by atoms with Crippen LogP contribution in [0.4, 0.5) is 5.95 Å². The Balaban J connectivity index is 2.15. The van der Waals surface area contributed by atoms with E-state index in [1.165, 1.54) is 4.79 Å². The van der Waals surface area contributed by atoms with Crippen molar-refractivity contribution in [2.24, 2.45) is 0 Å². The van der Waals surface area contributed by atoms with E-state index in [2.05, 4.69) is 20.5 Å². The molecule has 1 N–H and O–H groups in total. The maximum Gasteiger partial charge on any atom is 0.243 e. The van der Waals surface area contributed by atoms with E-state index in [1.807, 2.05) is 6.07 Å². The van der Waals surface area contributed by atoms with E-state index in [9.17, 15) is 0 Å². The molecule has 12 heavy (non-hydrogen) atoms. The molecule has 0 atom stereocenters. The summed E-state index contributed by atoms with van der Waals surface area (Å²) in [6, 6.07) is 3.57. The second-order valence-corrected chi connectivity index (χ2v) is 2.13. The summed E-state index contributed by atoms with van der Waals surface area (Å²) >= 11 is 0. The van der Waals surface area contributed by atoms with Crippen molar-refractivity contribution >= 4 is 5.95 Å². The molecule has 0 radical (unpaired) electrons. The fourth-order valence-corrected chi connectivity index (χ4v) is 0.794. The second-order valence-electron chi connectivity index (χ2n) is 2.13. The van der Waals surface area contributed by atoms with E-state index in [4.69, 9.17) is 0 Å². The average Bonchev–Trinajstić information content (AvgIpc) is 2.59. The van der Waals surface area contributed by atoms with Gasteiger partial charge in [0.1, 0.15) is 0 Å². The summed E-state index contributed by atoms with van der Waals surface area (Å²) in [6.07, 6.45) is 6.78. The Morgan fingerprint density at radius 1 is 1.08 bits per heavy atom. The van der Waals surface area contributed by atoms with Gasteiger partial charge in [-0.1, -0.05) is 0 Å². The quantitative estimate of drug-likeness (QED) is 0.698. The molecular formula is C7H7N5. The first-order valence-electron chi connectivity index (χ1n) is 3.49. The van der Waals surface area contributed by atoms with E-state index in [-0.39, 0.29) is 0 Å². The molecule has 5 nitrogen and oxygen atoms in total. The summed E-state index contributed by atoms with van der Waals surface area (Å²) in [6.45, 7) is 0. The van der Waals surface area contributed by atoms with Crippen LogP contribution in [-0.2, 0) is 0 Å². The van der Waals surface area contributed by atoms with Gasteiger partial charge in [0, 0.05) is 18.6 Å². The number of nitrogens with one attached hydrogen (secondary N) is 1. The Kier molecular flexibility index (Phi) is 1.69. The van der Waals surface area contributed by atoms with Crippen LogP contribution in [0.25, 0.3) is 0 Å². The van der Waals surface area contributed by atoms with E-state index < -0.39 is 0 Å². The topological polar surface area (TPSA) is 55.6 Å². The molecule has 0 fully saturated rings. The van der Waals surface area contributed by atoms with Crippen molar-refractivity contribution in [2.45, 2.75) is 0 Å². The van der Waals surface area contributed by atoms with Crippen LogP contribution in [0.2, 0.25) is 0 Å². The Morgan fingerprint density at radius 3 is 2.58 bits per heavy atom. The van der Waals surface area contributed by atoms with Gasteiger partial charge in [-0.05, 0) is 12.1 Å². The van der Waals surface area contributed by atoms with Gasteiger partial charge >= 0.3 is 0 Å². The van der Waals surface area contributed by atoms with Crippen LogP contribution in [0.15, 0.2) is 36.9 Å². The van der Waals surface area contributed by atoms with Gasteiger partial charge in [-0.3, -0.25) is 0 Å². The maximum atomic E-state index is 3.97. The van der Waals surface area contributed by atoms with Crippen molar-refractivity contribution in [1.82, 2.24) is 19.9 Å². The SMILES string of the molecule is c1cnc(Nn2cccn2)nc1. The van der Waals surface area contributed by atoms with Gasteiger partial charge < -0.3 is 0 Å². The molecule has 2 heterocycles. The molecule has 0 bridgehead atoms. The number of hydrogen-bond donors (Lipinski definition) is 1. The zero-order valence-corrected chi connectivity index (χ0v) is 6.25. The van der Waals surface area contributed by atoms with Gasteiger partial charge in [-0.2, -0.15) is 9.89 Å². The molecule has 0 aromatic carbocycles. The number of anilines is 1. The summed E-state index contributed by atoms with van der Waals surface area (Å²) in [4.78, 5) is 9.48. The molecule has 0 saturated carbocycles. The minimum Gasteiger partial charge on any atom is -0.245 e. The molecule has 0 aliphatic rings. The summed E-state index contributed by atoms with van der Waals surface area (Å²) in [5.41, 5.74) is 2.87. The fourth-order valence-electron chi connectivity index (χ4n) is 0.794. The van der Waals surface area contributed by atoms with Crippen LogP contribution in [0.1, 0.15) is 0 Å². The van der Waals surface area contributed by atoms with Gasteiger partial charge in [0.15, 0.2) is 0 Å². The predicted molar refractivity (Wildman–Crippen MR) is 43.3 cm³/mol. The zero-order chi connectivity index (χ0) is 8.23. The lowest BCUT2D eigenvalue weighted by molar-refractivity contribution is 0.786. The number of nitrogens with zero attached hydrogens (tertiary/aromatic N) is 4. The molecule has 0 amide bonds. The number of hydrogen-bond acceptors (Lipinski definition) is 4. The first-order chi connectivity index (χ1) is 5.95. The van der Waals surface area contributed by atoms with Crippen molar-refractivity contribution < 1.29 is 0 Å². The van der Waals surface area contributed by atoms with E-state index in [1.54, 1.807) is 30.9 Å². The third-order valence-electron chi connectivity index (χ3n) is 1.28. The molecule has 0 spiro atoms. The molecular weight excluding hydrogens is 154 g/mol. The largest absolute Gasteiger partial charge is 0.245 e. The molecule has 0 saturated heterocycles. The van der Waals surface area contributed by atoms with Crippen LogP contribution >= 0.6 is 0 Å². The number of aromatic nitrogens is 4. The highest BCUT2D eigenvalue weighted by Crippen LogP contribution is 1.93. The van der Waals surface area contributed by atoms with Gasteiger partial charge in [-0.15, -0.1) is 0 Å². The van der Waals surface area contributed by atoms with E-state index in [0.717, 1.165) is 0 Å². The molecule has 2 aromatic rings. The molecule has 2 rings (SSSR count). The van der Waals surface area contributed by atoms with Crippen molar-refractivity contribution in [3.05, 3.63) is 36.9 Å². The van der Waals surface area contributed by atoms with Crippen molar-refractivity contribution in [3.8, 4) is 0 Å². The fraction of sp³-hybridized carbons (Fsp3) is 0. The monoisotopic (exact) mass is 161 g/mol. The molecule has 60 valence electrons. The van der Waals surface area contributed by atoms with Crippen LogP contribution in [-0.4, -0.2) is 19.9 Å². The van der Waals surface area contributed by atoms with Gasteiger partial charge in [0.05, 0.1) is 6.20 Å². The molecule has 0 unspecified atom stereocenters. The predicted octanol–water partition coefficient (Wildman–Crippen LogP) is 0.548. The van der Waals surface area contributed by atoms with Crippen molar-refractivity contribution in [1.29, 1.82) is 0 Å². The lowest BCUT2D eigenvalue weighted by atomic mass is 10.7. The molecule has 2 aromatic heterocycles. The van der Waals surface area contributed by atoms with Gasteiger partial charge in [0.2, 0.25) is 5.95 Å². The van der Waals surface area contributed by atoms with Gasteiger partial charge in [0.25, 0.3) is 0 Å². The summed E-state index contributed by atoms with van der Waals surface area (Å²) in [5.74, 6) is 0.529. The Hall–Kier alpha value is -1.91. The Labute approximate surface area is 69.1 Å². The molecule has 0 aliphatic carbocycles. The third-order valence-corrected chi connectivity index (χ3v) is 1.28. The third kappa shape index (κ3) is 1.39. The summed E-state index contributed by atoms with van der Waals surface area (Å²) < 4.78 is 0. The lowest BCUT2D eigenvalue weighted by Gasteiger charge is -2.01. The zero-order valence-electron chi connectivity index (χ0n) is 6.25. The van der Waals surface area contributed by atoms with E-state index >= 15 is 0 Å². The second kappa shape index (κ2) is 3.00. The number of rotatable bonds is 2. The average molecular weight is 161 g/mol. The normalized spacial score (nSPS) is 9.67. The van der Waals surface area contributed by atoms with Crippen LogP contribution in [0, 0.1) is 0 Å². The lowest BCUT2D eigenvalue weighted by Crippen LogP contribution is -2.11. The highest BCUT2D eigenvalue weighted by atomic mass is 15.6. The maximum absolute atomic E-state index is 3.97. The van der Waals surface area contributed by atoms with Crippen molar-refractivity contribution in [3.63, 3.8) is 0 Å². The van der Waals surface area contributed by atoms with Crippen LogP contribution in [0.3, 0.4) is 0 Å². The standard InChI is InChI=1S/C7H7N5/c1-3-8-7(9-4-1)11-12-6-2-5-10-12/h1-6H,(H,8,9,11). The van der Waals surface area contributed by atoms with Crippen LogP contribution in [0.5, 0.6) is 0 Å². The minimum atomic E-state index is 0.529. The highest BCUT2D eigenvalue weighted by Gasteiger charge is 1.91. The molecule has 0 aliphatic heterocycles. The van der Waals surface area contributed by atoms with Gasteiger partial charge in [-0.25, -0.2) is 15.4 Å². The Morgan fingerprint density at radius 2 is 1.92 bits per heavy atom. The van der Waals surface area contributed by atoms with Crippen molar-refractivity contribution in [2.75, 3.05) is 5.43 Å². The molecule has 5 heteroatoms. The van der Waals surface area contributed by atoms with Crippen LogP contribution < -0.4 is 5.43 Å². The van der Waals surface area contributed by atoms with E-state index in [0.29, 0.717) is 5.95 Å². The smallest absolute Gasteiger partial charge is 0.243 e. The summed E-state index contributed by atoms with van der Waals surface area (Å²) in [7, 11) is 0. The highest BCUT2D eigenvalue weighted by molar-refractivity contribution is 5.20. The first kappa shape index (κ1) is 6.78. The Bertz CT molecular complexity index is 328. The first-order valence-corrected chi connectivity index (χ1v) is 3.49. The minimum absolute atomic E-state index is 0.529.